The molecule has 0 aliphatic carbocycles. The number of rotatable bonds is 2. The first-order valence-corrected chi connectivity index (χ1v) is 7.31. The molecule has 0 saturated heterocycles. The van der Waals surface area contributed by atoms with Crippen molar-refractivity contribution in [2.45, 2.75) is 0 Å². The molecule has 4 rings (SSSR count). The van der Waals surface area contributed by atoms with Gasteiger partial charge in [-0.15, -0.1) is 11.3 Å². The Kier molecular flexibility index (Phi) is 2.68. The lowest BCUT2D eigenvalue weighted by Gasteiger charge is -2.01. The van der Waals surface area contributed by atoms with Gasteiger partial charge in [0.2, 0.25) is 11.7 Å². The number of hydrogen-bond acceptors (Lipinski definition) is 5. The summed E-state index contributed by atoms with van der Waals surface area (Å²) in [6.07, 6.45) is 3.95. The lowest BCUT2D eigenvalue weighted by molar-refractivity contribution is 1.02. The third-order valence-corrected chi connectivity index (χ3v) is 3.99. The molecule has 6 heteroatoms. The summed E-state index contributed by atoms with van der Waals surface area (Å²) in [5.41, 5.74) is 7.64. The maximum atomic E-state index is 5.79. The molecule has 0 atom stereocenters. The summed E-state index contributed by atoms with van der Waals surface area (Å²) in [4.78, 5) is 14.2. The first-order valence-electron chi connectivity index (χ1n) is 6.43. The summed E-state index contributed by atoms with van der Waals surface area (Å²) in [6, 6.07) is 11.9. The van der Waals surface area contributed by atoms with Crippen LogP contribution in [0.2, 0.25) is 0 Å². The molecular formula is C15H11N5S. The van der Waals surface area contributed by atoms with E-state index >= 15 is 0 Å². The molecule has 0 fully saturated rings. The predicted molar refractivity (Wildman–Crippen MR) is 85.9 cm³/mol. The van der Waals surface area contributed by atoms with Crippen molar-refractivity contribution in [1.82, 2.24) is 19.4 Å². The van der Waals surface area contributed by atoms with Gasteiger partial charge in [-0.3, -0.25) is 4.40 Å². The first-order chi connectivity index (χ1) is 10.3. The average molecular weight is 293 g/mol. The number of nitrogen functional groups attached to an aromatic ring is 1. The van der Waals surface area contributed by atoms with E-state index in [9.17, 15) is 0 Å². The summed E-state index contributed by atoms with van der Waals surface area (Å²) in [5.74, 6) is 1.51. The van der Waals surface area contributed by atoms with E-state index in [0.717, 1.165) is 21.7 Å². The number of imidazole rings is 1. The number of thiophene rings is 1. The minimum absolute atomic E-state index is 0.226. The highest BCUT2D eigenvalue weighted by Gasteiger charge is 2.09. The molecule has 0 saturated carbocycles. The van der Waals surface area contributed by atoms with Crippen molar-refractivity contribution in [3.05, 3.63) is 52.5 Å². The van der Waals surface area contributed by atoms with Gasteiger partial charge in [-0.05, 0) is 35.7 Å². The molecule has 0 bridgehead atoms. The van der Waals surface area contributed by atoms with Crippen LogP contribution < -0.4 is 5.73 Å². The number of benzene rings is 1. The highest BCUT2D eigenvalue weighted by Crippen LogP contribution is 2.19. The van der Waals surface area contributed by atoms with Crippen LogP contribution in [0.1, 0.15) is 10.7 Å². The standard InChI is InChI=1S/C15H11N5S/c16-14-18-13(8-7-10-4-3-9-21-10)20-12-6-2-1-5-11(12)17-15(20)19-14/h1-9H,(H2,16,17,19)/b8-7+. The Labute approximate surface area is 124 Å². The number of aromatic nitrogens is 4. The van der Waals surface area contributed by atoms with E-state index in [4.69, 9.17) is 5.73 Å². The number of nitrogens with two attached hydrogens (primary N) is 1. The highest BCUT2D eigenvalue weighted by molar-refractivity contribution is 7.10. The van der Waals surface area contributed by atoms with Gasteiger partial charge >= 0.3 is 0 Å². The maximum absolute atomic E-state index is 5.79. The molecule has 4 aromatic rings. The second-order valence-corrected chi connectivity index (χ2v) is 5.50. The van der Waals surface area contributed by atoms with Gasteiger partial charge in [-0.25, -0.2) is 4.98 Å². The van der Waals surface area contributed by atoms with E-state index in [1.165, 1.54) is 0 Å². The zero-order chi connectivity index (χ0) is 14.2. The highest BCUT2D eigenvalue weighted by atomic mass is 32.1. The van der Waals surface area contributed by atoms with Crippen molar-refractivity contribution < 1.29 is 0 Å². The number of nitrogens with zero attached hydrogens (tertiary/aromatic N) is 4. The van der Waals surface area contributed by atoms with E-state index in [1.807, 2.05) is 52.3 Å². The number of anilines is 1. The Balaban J connectivity index is 1.98. The topological polar surface area (TPSA) is 69.1 Å². The van der Waals surface area contributed by atoms with Gasteiger partial charge in [0.25, 0.3) is 0 Å². The molecule has 21 heavy (non-hydrogen) atoms. The molecule has 0 radical (unpaired) electrons. The fourth-order valence-electron chi connectivity index (χ4n) is 2.26. The van der Waals surface area contributed by atoms with Crippen LogP contribution in [0.3, 0.4) is 0 Å². The number of fused-ring (bicyclic) bond motifs is 3. The molecule has 102 valence electrons. The second-order valence-electron chi connectivity index (χ2n) is 4.52. The fraction of sp³-hybridized carbons (Fsp3) is 0. The SMILES string of the molecule is Nc1nc(/C=C/c2cccs2)n2c(n1)nc1ccccc12. The third-order valence-electron chi connectivity index (χ3n) is 3.16. The van der Waals surface area contributed by atoms with Gasteiger partial charge < -0.3 is 5.73 Å². The van der Waals surface area contributed by atoms with Crippen LogP contribution in [0.5, 0.6) is 0 Å². The normalized spacial score (nSPS) is 11.8. The molecule has 2 N–H and O–H groups in total. The molecular weight excluding hydrogens is 282 g/mol. The van der Waals surface area contributed by atoms with Crippen LogP contribution in [0, 0.1) is 0 Å². The Morgan fingerprint density at radius 1 is 1.00 bits per heavy atom. The van der Waals surface area contributed by atoms with Crippen molar-refractivity contribution >= 4 is 46.2 Å². The zero-order valence-electron chi connectivity index (χ0n) is 11.0. The van der Waals surface area contributed by atoms with Crippen LogP contribution in [0.4, 0.5) is 5.95 Å². The summed E-state index contributed by atoms with van der Waals surface area (Å²) < 4.78 is 1.91. The van der Waals surface area contributed by atoms with Crippen molar-refractivity contribution in [2.24, 2.45) is 0 Å². The fourth-order valence-corrected chi connectivity index (χ4v) is 2.88. The Bertz CT molecular complexity index is 953. The van der Waals surface area contributed by atoms with Gasteiger partial charge in [-0.2, -0.15) is 9.97 Å². The molecule has 0 amide bonds. The van der Waals surface area contributed by atoms with E-state index in [1.54, 1.807) is 11.3 Å². The van der Waals surface area contributed by atoms with Crippen molar-refractivity contribution in [3.63, 3.8) is 0 Å². The predicted octanol–water partition coefficient (Wildman–Crippen LogP) is 3.09. The molecule has 3 aromatic heterocycles. The van der Waals surface area contributed by atoms with Crippen molar-refractivity contribution in [3.8, 4) is 0 Å². The van der Waals surface area contributed by atoms with Gasteiger partial charge in [0.1, 0.15) is 5.82 Å². The quantitative estimate of drug-likeness (QED) is 0.616. The minimum atomic E-state index is 0.226. The smallest absolute Gasteiger partial charge is 0.239 e. The van der Waals surface area contributed by atoms with E-state index in [2.05, 4.69) is 21.0 Å². The summed E-state index contributed by atoms with van der Waals surface area (Å²) in [6.45, 7) is 0. The zero-order valence-corrected chi connectivity index (χ0v) is 11.8. The maximum Gasteiger partial charge on any atom is 0.239 e. The Morgan fingerprint density at radius 2 is 1.90 bits per heavy atom. The van der Waals surface area contributed by atoms with Gasteiger partial charge in [-0.1, -0.05) is 18.2 Å². The van der Waals surface area contributed by atoms with Crippen molar-refractivity contribution in [2.75, 3.05) is 5.73 Å². The molecule has 0 aliphatic heterocycles. The van der Waals surface area contributed by atoms with Crippen molar-refractivity contribution in [1.29, 1.82) is 0 Å². The van der Waals surface area contributed by atoms with Gasteiger partial charge in [0.15, 0.2) is 0 Å². The van der Waals surface area contributed by atoms with E-state index in [-0.39, 0.29) is 5.95 Å². The largest absolute Gasteiger partial charge is 0.368 e. The summed E-state index contributed by atoms with van der Waals surface area (Å²) in [5, 5.41) is 2.04. The molecule has 3 heterocycles. The van der Waals surface area contributed by atoms with E-state index < -0.39 is 0 Å². The molecule has 0 spiro atoms. The third kappa shape index (κ3) is 2.05. The van der Waals surface area contributed by atoms with Crippen LogP contribution in [0.25, 0.3) is 29.0 Å². The summed E-state index contributed by atoms with van der Waals surface area (Å²) >= 11 is 1.67. The second kappa shape index (κ2) is 4.68. The van der Waals surface area contributed by atoms with E-state index in [0.29, 0.717) is 5.78 Å². The first kappa shape index (κ1) is 12.0. The monoisotopic (exact) mass is 293 g/mol. The van der Waals surface area contributed by atoms with Gasteiger partial charge in [0.05, 0.1) is 11.0 Å². The lowest BCUT2D eigenvalue weighted by Crippen LogP contribution is -2.03. The van der Waals surface area contributed by atoms with Crippen LogP contribution >= 0.6 is 11.3 Å². The number of hydrogen-bond donors (Lipinski definition) is 1. The van der Waals surface area contributed by atoms with Crippen LogP contribution in [-0.4, -0.2) is 19.4 Å². The molecule has 1 aromatic carbocycles. The lowest BCUT2D eigenvalue weighted by atomic mass is 10.3. The minimum Gasteiger partial charge on any atom is -0.368 e. The van der Waals surface area contributed by atoms with Crippen LogP contribution in [-0.2, 0) is 0 Å². The van der Waals surface area contributed by atoms with Crippen LogP contribution in [0.15, 0.2) is 41.8 Å². The number of para-hydroxylation sites is 2. The Morgan fingerprint density at radius 3 is 2.76 bits per heavy atom. The molecule has 0 unspecified atom stereocenters. The molecule has 5 nitrogen and oxygen atoms in total. The summed E-state index contributed by atoms with van der Waals surface area (Å²) in [7, 11) is 0. The Hall–Kier alpha value is -2.73. The molecule has 0 aliphatic rings. The van der Waals surface area contributed by atoms with Gasteiger partial charge in [0, 0.05) is 4.88 Å². The average Bonchev–Trinajstić information content (AvgIpc) is 3.11.